The number of carbonyl (C=O) groups excluding carboxylic acids is 1. The van der Waals surface area contributed by atoms with Crippen molar-refractivity contribution in [3.63, 3.8) is 0 Å². The Balaban J connectivity index is 1.66. The van der Waals surface area contributed by atoms with Crippen LogP contribution in [-0.2, 0) is 17.5 Å². The number of carbonyl (C=O) groups is 1. The van der Waals surface area contributed by atoms with Crippen LogP contribution in [0.3, 0.4) is 0 Å². The number of rotatable bonds is 4. The standard InChI is InChI=1S/C16H23F3N4O/c1-2-21-8-3-5-12(21)13-6-4-9-23(13)15(24)11-22-10-7-14(20-22)16(17,18)19/h7,10,12-13H,2-6,8-9,11H2,1H3/t12-,13-/m0/s1. The van der Waals surface area contributed by atoms with E-state index in [4.69, 9.17) is 0 Å². The van der Waals surface area contributed by atoms with Crippen molar-refractivity contribution < 1.29 is 18.0 Å². The van der Waals surface area contributed by atoms with Gasteiger partial charge in [0.1, 0.15) is 6.54 Å². The summed E-state index contributed by atoms with van der Waals surface area (Å²) < 4.78 is 38.9. The number of aromatic nitrogens is 2. The Morgan fingerprint density at radius 3 is 2.62 bits per heavy atom. The van der Waals surface area contributed by atoms with Gasteiger partial charge in [-0.1, -0.05) is 6.92 Å². The molecule has 2 aliphatic heterocycles. The summed E-state index contributed by atoms with van der Waals surface area (Å²) in [7, 11) is 0. The highest BCUT2D eigenvalue weighted by molar-refractivity contribution is 5.76. The third-order valence-electron chi connectivity index (χ3n) is 5.11. The molecule has 8 heteroatoms. The number of alkyl halides is 3. The Kier molecular flexibility index (Phi) is 4.85. The summed E-state index contributed by atoms with van der Waals surface area (Å²) >= 11 is 0. The van der Waals surface area contributed by atoms with Crippen molar-refractivity contribution in [1.82, 2.24) is 19.6 Å². The largest absolute Gasteiger partial charge is 0.435 e. The smallest absolute Gasteiger partial charge is 0.337 e. The maximum atomic E-state index is 12.6. The summed E-state index contributed by atoms with van der Waals surface area (Å²) in [6, 6.07) is 1.47. The van der Waals surface area contributed by atoms with Crippen LogP contribution in [-0.4, -0.2) is 57.2 Å². The van der Waals surface area contributed by atoms with Crippen LogP contribution in [0, 0.1) is 0 Å². The van der Waals surface area contributed by atoms with Crippen LogP contribution < -0.4 is 0 Å². The zero-order chi connectivity index (χ0) is 17.3. The van der Waals surface area contributed by atoms with Crippen molar-refractivity contribution in [1.29, 1.82) is 0 Å². The second-order valence-corrected chi connectivity index (χ2v) is 6.53. The van der Waals surface area contributed by atoms with Gasteiger partial charge < -0.3 is 4.90 Å². The van der Waals surface area contributed by atoms with E-state index in [-0.39, 0.29) is 18.5 Å². The third kappa shape index (κ3) is 3.43. The molecule has 2 saturated heterocycles. The SMILES string of the molecule is CCN1CCC[C@H]1[C@@H]1CCCN1C(=O)Cn1ccc(C(F)(F)F)n1. The first-order chi connectivity index (χ1) is 11.4. The number of hydrogen-bond donors (Lipinski definition) is 0. The number of nitrogens with zero attached hydrogens (tertiary/aromatic N) is 4. The molecular weight excluding hydrogens is 321 g/mol. The van der Waals surface area contributed by atoms with Crippen LogP contribution in [0.5, 0.6) is 0 Å². The highest BCUT2D eigenvalue weighted by atomic mass is 19.4. The maximum Gasteiger partial charge on any atom is 0.435 e. The van der Waals surface area contributed by atoms with Gasteiger partial charge in [0.05, 0.1) is 0 Å². The van der Waals surface area contributed by atoms with Crippen molar-refractivity contribution in [2.24, 2.45) is 0 Å². The number of likely N-dealkylation sites (N-methyl/N-ethyl adjacent to an activating group) is 1. The zero-order valence-electron chi connectivity index (χ0n) is 13.8. The quantitative estimate of drug-likeness (QED) is 0.842. The molecule has 134 valence electrons. The van der Waals surface area contributed by atoms with E-state index in [1.165, 1.54) is 6.20 Å². The molecule has 5 nitrogen and oxygen atoms in total. The molecule has 0 spiro atoms. The molecule has 0 N–H and O–H groups in total. The summed E-state index contributed by atoms with van der Waals surface area (Å²) in [6.07, 6.45) is 0.903. The Morgan fingerprint density at radius 1 is 1.25 bits per heavy atom. The normalized spacial score (nSPS) is 25.6. The van der Waals surface area contributed by atoms with E-state index in [1.54, 1.807) is 0 Å². The first-order valence-corrected chi connectivity index (χ1v) is 8.54. The second-order valence-electron chi connectivity index (χ2n) is 6.53. The Bertz CT molecular complexity index is 586. The summed E-state index contributed by atoms with van der Waals surface area (Å²) in [5.74, 6) is -0.141. The average Bonchev–Trinajstić information content (AvgIpc) is 3.25. The van der Waals surface area contributed by atoms with Crippen molar-refractivity contribution in [2.45, 2.75) is 57.4 Å². The molecule has 2 atom stereocenters. The summed E-state index contributed by atoms with van der Waals surface area (Å²) in [4.78, 5) is 16.9. The van der Waals surface area contributed by atoms with Gasteiger partial charge in [0.25, 0.3) is 0 Å². The van der Waals surface area contributed by atoms with Crippen molar-refractivity contribution in [2.75, 3.05) is 19.6 Å². The van der Waals surface area contributed by atoms with Crippen LogP contribution in [0.2, 0.25) is 0 Å². The van der Waals surface area contributed by atoms with Gasteiger partial charge >= 0.3 is 6.18 Å². The fraction of sp³-hybridized carbons (Fsp3) is 0.750. The molecule has 2 aliphatic rings. The predicted octanol–water partition coefficient (Wildman–Crippen LogP) is 2.38. The molecule has 1 amide bonds. The van der Waals surface area contributed by atoms with E-state index in [2.05, 4.69) is 16.9 Å². The molecule has 0 bridgehead atoms. The second kappa shape index (κ2) is 6.74. The molecule has 0 aliphatic carbocycles. The molecule has 2 fully saturated rings. The lowest BCUT2D eigenvalue weighted by Crippen LogP contribution is -2.49. The van der Waals surface area contributed by atoms with Crippen LogP contribution in [0.25, 0.3) is 0 Å². The van der Waals surface area contributed by atoms with Crippen LogP contribution in [0.4, 0.5) is 13.2 Å². The topological polar surface area (TPSA) is 41.4 Å². The number of likely N-dealkylation sites (tertiary alicyclic amines) is 2. The molecule has 0 unspecified atom stereocenters. The van der Waals surface area contributed by atoms with Crippen LogP contribution in [0.15, 0.2) is 12.3 Å². The van der Waals surface area contributed by atoms with E-state index in [0.717, 1.165) is 49.5 Å². The summed E-state index contributed by atoms with van der Waals surface area (Å²) in [6.45, 7) is 4.71. The summed E-state index contributed by atoms with van der Waals surface area (Å²) in [5, 5.41) is 3.48. The molecule has 0 saturated carbocycles. The fourth-order valence-corrected chi connectivity index (χ4v) is 4.01. The molecule has 3 rings (SSSR count). The molecule has 24 heavy (non-hydrogen) atoms. The van der Waals surface area contributed by atoms with Gasteiger partial charge in [0.15, 0.2) is 5.69 Å². The minimum atomic E-state index is -4.48. The van der Waals surface area contributed by atoms with Gasteiger partial charge in [-0.3, -0.25) is 14.4 Å². The van der Waals surface area contributed by atoms with E-state index in [1.807, 2.05) is 4.90 Å². The minimum Gasteiger partial charge on any atom is -0.337 e. The Labute approximate surface area is 139 Å². The van der Waals surface area contributed by atoms with Gasteiger partial charge in [-0.2, -0.15) is 18.3 Å². The summed E-state index contributed by atoms with van der Waals surface area (Å²) in [5.41, 5.74) is -0.957. The van der Waals surface area contributed by atoms with E-state index in [0.29, 0.717) is 12.6 Å². The maximum absolute atomic E-state index is 12.6. The van der Waals surface area contributed by atoms with Crippen molar-refractivity contribution in [3.8, 4) is 0 Å². The first-order valence-electron chi connectivity index (χ1n) is 8.54. The minimum absolute atomic E-state index is 0.134. The first kappa shape index (κ1) is 17.3. The van der Waals surface area contributed by atoms with Crippen molar-refractivity contribution in [3.05, 3.63) is 18.0 Å². The monoisotopic (exact) mass is 344 g/mol. The fourth-order valence-electron chi connectivity index (χ4n) is 4.01. The van der Waals surface area contributed by atoms with Gasteiger partial charge in [-0.15, -0.1) is 0 Å². The number of hydrogen-bond acceptors (Lipinski definition) is 3. The van der Waals surface area contributed by atoms with Gasteiger partial charge in [0, 0.05) is 24.8 Å². The Morgan fingerprint density at radius 2 is 1.96 bits per heavy atom. The molecule has 1 aromatic rings. The number of halogens is 3. The highest BCUT2D eigenvalue weighted by Gasteiger charge is 2.39. The van der Waals surface area contributed by atoms with Gasteiger partial charge in [-0.25, -0.2) is 0 Å². The van der Waals surface area contributed by atoms with Gasteiger partial charge in [-0.05, 0) is 44.8 Å². The number of amides is 1. The average molecular weight is 344 g/mol. The Hall–Kier alpha value is -1.57. The third-order valence-corrected chi connectivity index (χ3v) is 5.11. The lowest BCUT2D eigenvalue weighted by molar-refractivity contribution is -0.142. The van der Waals surface area contributed by atoms with Crippen LogP contribution >= 0.6 is 0 Å². The molecule has 0 radical (unpaired) electrons. The lowest BCUT2D eigenvalue weighted by Gasteiger charge is -2.34. The van der Waals surface area contributed by atoms with E-state index < -0.39 is 11.9 Å². The lowest BCUT2D eigenvalue weighted by atomic mass is 10.0. The molecule has 3 heterocycles. The van der Waals surface area contributed by atoms with E-state index in [9.17, 15) is 18.0 Å². The van der Waals surface area contributed by atoms with Crippen LogP contribution in [0.1, 0.15) is 38.3 Å². The zero-order valence-corrected chi connectivity index (χ0v) is 13.8. The molecule has 1 aromatic heterocycles. The highest BCUT2D eigenvalue weighted by Crippen LogP contribution is 2.30. The predicted molar refractivity (Wildman–Crippen MR) is 82.2 cm³/mol. The van der Waals surface area contributed by atoms with E-state index >= 15 is 0 Å². The molecule has 0 aromatic carbocycles. The molecular formula is C16H23F3N4O. The van der Waals surface area contributed by atoms with Crippen molar-refractivity contribution >= 4 is 5.91 Å². The van der Waals surface area contributed by atoms with Gasteiger partial charge in [0.2, 0.25) is 5.91 Å².